The SMILES string of the molecule is CC(C)(C)Cc1cccc(CC(C)(C)C)n1. The van der Waals surface area contributed by atoms with Gasteiger partial charge in [0, 0.05) is 11.4 Å². The fraction of sp³-hybridized carbons (Fsp3) is 0.667. The second-order valence-electron chi connectivity index (χ2n) is 7.10. The average Bonchev–Trinajstić information content (AvgIpc) is 1.96. The molecule has 1 aromatic heterocycles. The van der Waals surface area contributed by atoms with Gasteiger partial charge in [0.25, 0.3) is 0 Å². The molecule has 0 aromatic carbocycles. The first-order valence-corrected chi connectivity index (χ1v) is 6.11. The normalized spacial score (nSPS) is 12.9. The predicted octanol–water partition coefficient (Wildman–Crippen LogP) is 4.26. The van der Waals surface area contributed by atoms with Crippen LogP contribution in [0.1, 0.15) is 52.9 Å². The fourth-order valence-corrected chi connectivity index (χ4v) is 1.81. The van der Waals surface area contributed by atoms with E-state index < -0.39 is 0 Å². The molecule has 1 heteroatoms. The molecule has 0 N–H and O–H groups in total. The van der Waals surface area contributed by atoms with Crippen LogP contribution in [0.4, 0.5) is 0 Å². The van der Waals surface area contributed by atoms with E-state index in [0.717, 1.165) is 12.8 Å². The molecule has 1 aromatic rings. The second-order valence-corrected chi connectivity index (χ2v) is 7.10. The van der Waals surface area contributed by atoms with Crippen LogP contribution >= 0.6 is 0 Å². The van der Waals surface area contributed by atoms with Gasteiger partial charge in [-0.1, -0.05) is 47.6 Å². The van der Waals surface area contributed by atoms with Crippen LogP contribution < -0.4 is 0 Å². The summed E-state index contributed by atoms with van der Waals surface area (Å²) in [5.41, 5.74) is 3.06. The Hall–Kier alpha value is -0.850. The summed E-state index contributed by atoms with van der Waals surface area (Å²) in [7, 11) is 0. The third kappa shape index (κ3) is 5.29. The predicted molar refractivity (Wildman–Crippen MR) is 70.6 cm³/mol. The van der Waals surface area contributed by atoms with Crippen LogP contribution in [0.3, 0.4) is 0 Å². The lowest BCUT2D eigenvalue weighted by Gasteiger charge is -2.20. The van der Waals surface area contributed by atoms with Crippen LogP contribution in [0.15, 0.2) is 18.2 Å². The van der Waals surface area contributed by atoms with Crippen molar-refractivity contribution in [1.82, 2.24) is 4.98 Å². The molecule has 0 fully saturated rings. The summed E-state index contributed by atoms with van der Waals surface area (Å²) in [6.45, 7) is 13.5. The van der Waals surface area contributed by atoms with Crippen molar-refractivity contribution >= 4 is 0 Å². The van der Waals surface area contributed by atoms with Crippen LogP contribution in [-0.4, -0.2) is 4.98 Å². The van der Waals surface area contributed by atoms with Crippen molar-refractivity contribution in [2.24, 2.45) is 10.8 Å². The molecule has 0 aliphatic rings. The van der Waals surface area contributed by atoms with Gasteiger partial charge in [-0.15, -0.1) is 0 Å². The molecule has 0 unspecified atom stereocenters. The second kappa shape index (κ2) is 4.57. The van der Waals surface area contributed by atoms with Gasteiger partial charge in [0.15, 0.2) is 0 Å². The van der Waals surface area contributed by atoms with Crippen molar-refractivity contribution in [3.05, 3.63) is 29.6 Å². The van der Waals surface area contributed by atoms with E-state index in [-0.39, 0.29) is 0 Å². The van der Waals surface area contributed by atoms with Crippen molar-refractivity contribution < 1.29 is 0 Å². The first-order valence-electron chi connectivity index (χ1n) is 6.11. The van der Waals surface area contributed by atoms with Crippen molar-refractivity contribution in [2.45, 2.75) is 54.4 Å². The highest BCUT2D eigenvalue weighted by atomic mass is 14.7. The maximum atomic E-state index is 4.74. The highest BCUT2D eigenvalue weighted by Gasteiger charge is 2.15. The van der Waals surface area contributed by atoms with Gasteiger partial charge >= 0.3 is 0 Å². The smallest absolute Gasteiger partial charge is 0.0412 e. The van der Waals surface area contributed by atoms with Crippen molar-refractivity contribution in [2.75, 3.05) is 0 Å². The molecule has 0 aliphatic heterocycles. The maximum Gasteiger partial charge on any atom is 0.0412 e. The van der Waals surface area contributed by atoms with Crippen molar-refractivity contribution in [3.63, 3.8) is 0 Å². The first-order chi connectivity index (χ1) is 7.16. The Labute approximate surface area is 100 Å². The van der Waals surface area contributed by atoms with Crippen LogP contribution in [0.5, 0.6) is 0 Å². The van der Waals surface area contributed by atoms with E-state index in [0.29, 0.717) is 10.8 Å². The minimum Gasteiger partial charge on any atom is -0.258 e. The van der Waals surface area contributed by atoms with Crippen LogP contribution in [0.25, 0.3) is 0 Å². The quantitative estimate of drug-likeness (QED) is 0.724. The van der Waals surface area contributed by atoms with E-state index in [2.05, 4.69) is 59.7 Å². The monoisotopic (exact) mass is 219 g/mol. The molecule has 0 saturated heterocycles. The molecule has 0 amide bonds. The largest absolute Gasteiger partial charge is 0.258 e. The lowest BCUT2D eigenvalue weighted by atomic mass is 9.88. The van der Waals surface area contributed by atoms with Gasteiger partial charge in [-0.3, -0.25) is 4.98 Å². The minimum atomic E-state index is 0.313. The number of hydrogen-bond donors (Lipinski definition) is 0. The standard InChI is InChI=1S/C15H25N/c1-14(2,3)10-12-8-7-9-13(16-12)11-15(4,5)6/h7-9H,10-11H2,1-6H3. The van der Waals surface area contributed by atoms with E-state index in [1.807, 2.05) is 0 Å². The zero-order valence-electron chi connectivity index (χ0n) is 11.6. The molecule has 16 heavy (non-hydrogen) atoms. The summed E-state index contributed by atoms with van der Waals surface area (Å²) >= 11 is 0. The molecule has 0 radical (unpaired) electrons. The molecule has 0 bridgehead atoms. The Morgan fingerprint density at radius 1 is 0.812 bits per heavy atom. The highest BCUT2D eigenvalue weighted by molar-refractivity contribution is 5.13. The summed E-state index contributed by atoms with van der Waals surface area (Å²) in [5, 5.41) is 0. The van der Waals surface area contributed by atoms with Gasteiger partial charge in [-0.05, 0) is 35.8 Å². The van der Waals surface area contributed by atoms with Crippen LogP contribution in [-0.2, 0) is 12.8 Å². The summed E-state index contributed by atoms with van der Waals surface area (Å²) in [5.74, 6) is 0. The minimum absolute atomic E-state index is 0.313. The molecule has 90 valence electrons. The molecule has 0 aliphatic carbocycles. The van der Waals surface area contributed by atoms with Gasteiger partial charge < -0.3 is 0 Å². The molecular formula is C15H25N. The van der Waals surface area contributed by atoms with Crippen molar-refractivity contribution in [1.29, 1.82) is 0 Å². The topological polar surface area (TPSA) is 12.9 Å². The summed E-state index contributed by atoms with van der Waals surface area (Å²) in [6, 6.07) is 6.41. The summed E-state index contributed by atoms with van der Waals surface area (Å²) in [6.07, 6.45) is 2.09. The first kappa shape index (κ1) is 13.2. The average molecular weight is 219 g/mol. The zero-order valence-corrected chi connectivity index (χ0v) is 11.6. The third-order valence-electron chi connectivity index (χ3n) is 2.29. The van der Waals surface area contributed by atoms with Gasteiger partial charge in [-0.25, -0.2) is 0 Å². The highest BCUT2D eigenvalue weighted by Crippen LogP contribution is 2.22. The third-order valence-corrected chi connectivity index (χ3v) is 2.29. The lowest BCUT2D eigenvalue weighted by Crippen LogP contribution is -2.14. The van der Waals surface area contributed by atoms with Gasteiger partial charge in [0.05, 0.1) is 0 Å². The molecule has 0 atom stereocenters. The molecule has 1 rings (SSSR count). The number of hydrogen-bond acceptors (Lipinski definition) is 1. The van der Waals surface area contributed by atoms with Gasteiger partial charge in [0.2, 0.25) is 0 Å². The Balaban J connectivity index is 2.79. The number of nitrogens with zero attached hydrogens (tertiary/aromatic N) is 1. The molecule has 1 nitrogen and oxygen atoms in total. The Kier molecular flexibility index (Phi) is 3.77. The zero-order chi connectivity index (χ0) is 12.4. The van der Waals surface area contributed by atoms with Crippen LogP contribution in [0, 0.1) is 10.8 Å². The molecule has 1 heterocycles. The number of rotatable bonds is 2. The number of aromatic nitrogens is 1. The van der Waals surface area contributed by atoms with E-state index in [4.69, 9.17) is 4.98 Å². The number of pyridine rings is 1. The van der Waals surface area contributed by atoms with Crippen molar-refractivity contribution in [3.8, 4) is 0 Å². The summed E-state index contributed by atoms with van der Waals surface area (Å²) < 4.78 is 0. The Bertz CT molecular complexity index is 308. The van der Waals surface area contributed by atoms with Gasteiger partial charge in [0.1, 0.15) is 0 Å². The molecular weight excluding hydrogens is 194 g/mol. The van der Waals surface area contributed by atoms with Gasteiger partial charge in [-0.2, -0.15) is 0 Å². The molecule has 0 spiro atoms. The Morgan fingerprint density at radius 3 is 1.50 bits per heavy atom. The Morgan fingerprint density at radius 2 is 1.19 bits per heavy atom. The van der Waals surface area contributed by atoms with Crippen LogP contribution in [0.2, 0.25) is 0 Å². The lowest BCUT2D eigenvalue weighted by molar-refractivity contribution is 0.396. The maximum absolute atomic E-state index is 4.74. The van der Waals surface area contributed by atoms with E-state index in [1.54, 1.807) is 0 Å². The molecule has 0 saturated carbocycles. The summed E-state index contributed by atoms with van der Waals surface area (Å²) in [4.78, 5) is 4.74. The van der Waals surface area contributed by atoms with E-state index in [1.165, 1.54) is 11.4 Å². The fourth-order valence-electron chi connectivity index (χ4n) is 1.81. The van der Waals surface area contributed by atoms with E-state index >= 15 is 0 Å². The van der Waals surface area contributed by atoms with E-state index in [9.17, 15) is 0 Å².